The van der Waals surface area contributed by atoms with Gasteiger partial charge in [0.15, 0.2) is 0 Å². The zero-order valence-corrected chi connectivity index (χ0v) is 16.1. The Hall–Kier alpha value is -2.77. The van der Waals surface area contributed by atoms with Crippen LogP contribution in [0.3, 0.4) is 0 Å². The lowest BCUT2D eigenvalue weighted by Crippen LogP contribution is -2.49. The van der Waals surface area contributed by atoms with Gasteiger partial charge in [0.25, 0.3) is 5.91 Å². The number of hydrogen-bond donors (Lipinski definition) is 2. The molecular weight excluding hydrogens is 356 g/mol. The van der Waals surface area contributed by atoms with Crippen molar-refractivity contribution in [3.05, 3.63) is 59.2 Å². The minimum Gasteiger partial charge on any atom is -0.391 e. The summed E-state index contributed by atoms with van der Waals surface area (Å²) in [6.45, 7) is 2.77. The summed E-state index contributed by atoms with van der Waals surface area (Å²) in [6, 6.07) is 7.45. The number of hydrogen-bond acceptors (Lipinski definition) is 5. The molecule has 4 heterocycles. The fourth-order valence-electron chi connectivity index (χ4n) is 3.49. The minimum atomic E-state index is -0.602. The van der Waals surface area contributed by atoms with E-state index in [0.29, 0.717) is 31.7 Å². The number of carbonyl (C=O) groups excluding carboxylic acids is 1. The molecule has 3 aromatic heterocycles. The Bertz CT molecular complexity index is 997. The van der Waals surface area contributed by atoms with Crippen molar-refractivity contribution in [3.8, 4) is 0 Å². The van der Waals surface area contributed by atoms with Gasteiger partial charge in [-0.3, -0.25) is 9.78 Å². The van der Waals surface area contributed by atoms with Crippen LogP contribution in [0.1, 0.15) is 33.7 Å². The summed E-state index contributed by atoms with van der Waals surface area (Å²) in [4.78, 5) is 21.7. The van der Waals surface area contributed by atoms with Crippen LogP contribution in [0.2, 0.25) is 0 Å². The normalized spacial score (nSPS) is 19.7. The number of aliphatic hydroxyl groups is 1. The van der Waals surface area contributed by atoms with E-state index in [1.54, 1.807) is 0 Å². The molecule has 2 N–H and O–H groups in total. The van der Waals surface area contributed by atoms with E-state index in [2.05, 4.69) is 15.3 Å². The lowest BCUT2D eigenvalue weighted by Gasteiger charge is -2.28. The van der Waals surface area contributed by atoms with Crippen LogP contribution in [0.4, 0.5) is 0 Å². The molecule has 1 saturated heterocycles. The molecule has 1 aliphatic rings. The molecule has 28 heavy (non-hydrogen) atoms. The van der Waals surface area contributed by atoms with Crippen LogP contribution in [-0.2, 0) is 18.2 Å². The van der Waals surface area contributed by atoms with Crippen molar-refractivity contribution in [1.82, 2.24) is 19.9 Å². The molecule has 0 saturated carbocycles. The van der Waals surface area contributed by atoms with E-state index < -0.39 is 12.1 Å². The molecule has 1 amide bonds. The number of pyridine rings is 2. The first-order valence-corrected chi connectivity index (χ1v) is 9.44. The molecule has 0 bridgehead atoms. The summed E-state index contributed by atoms with van der Waals surface area (Å²) in [5.41, 5.74) is 4.15. The highest BCUT2D eigenvalue weighted by molar-refractivity contribution is 5.95. The van der Waals surface area contributed by atoms with Crippen molar-refractivity contribution in [2.24, 2.45) is 7.05 Å². The summed E-state index contributed by atoms with van der Waals surface area (Å²) in [5, 5.41) is 14.0. The number of nitrogens with zero attached hydrogens (tertiary/aromatic N) is 3. The summed E-state index contributed by atoms with van der Waals surface area (Å²) in [6.07, 6.45) is 4.37. The zero-order chi connectivity index (χ0) is 19.7. The van der Waals surface area contributed by atoms with E-state index in [-0.39, 0.29) is 5.91 Å². The standard InChI is InChI=1S/C21H24N4O3/c1-13-3-4-14(11-22-13)9-15-10-17(23-20-16(15)5-7-25(20)2)21(27)24-18-12-28-8-6-19(18)26/h3-5,7,10-11,18-19,26H,6,8-9,12H2,1-2H3,(H,24,27). The van der Waals surface area contributed by atoms with Gasteiger partial charge < -0.3 is 19.7 Å². The number of aromatic nitrogens is 3. The Balaban J connectivity index is 1.65. The van der Waals surface area contributed by atoms with Crippen LogP contribution in [0, 0.1) is 6.92 Å². The Morgan fingerprint density at radius 2 is 2.25 bits per heavy atom. The maximum atomic E-state index is 12.8. The molecule has 7 heteroatoms. The van der Waals surface area contributed by atoms with E-state index >= 15 is 0 Å². The van der Waals surface area contributed by atoms with Crippen molar-refractivity contribution < 1.29 is 14.6 Å². The van der Waals surface area contributed by atoms with E-state index in [1.807, 2.05) is 55.2 Å². The number of fused-ring (bicyclic) bond motifs is 1. The highest BCUT2D eigenvalue weighted by atomic mass is 16.5. The lowest BCUT2D eigenvalue weighted by atomic mass is 10.0. The number of aryl methyl sites for hydroxylation is 2. The molecule has 2 unspecified atom stereocenters. The summed E-state index contributed by atoms with van der Waals surface area (Å²) in [7, 11) is 1.91. The zero-order valence-electron chi connectivity index (χ0n) is 16.1. The third kappa shape index (κ3) is 3.76. The molecule has 0 radical (unpaired) electrons. The van der Waals surface area contributed by atoms with Gasteiger partial charge in [-0.1, -0.05) is 6.07 Å². The molecule has 3 aromatic rings. The van der Waals surface area contributed by atoms with Gasteiger partial charge in [-0.25, -0.2) is 4.98 Å². The van der Waals surface area contributed by atoms with Gasteiger partial charge in [0.05, 0.1) is 18.8 Å². The lowest BCUT2D eigenvalue weighted by molar-refractivity contribution is -0.0140. The largest absolute Gasteiger partial charge is 0.391 e. The molecule has 0 spiro atoms. The van der Waals surface area contributed by atoms with Gasteiger partial charge in [0.2, 0.25) is 0 Å². The summed E-state index contributed by atoms with van der Waals surface area (Å²) in [5.74, 6) is -0.305. The Morgan fingerprint density at radius 3 is 3.00 bits per heavy atom. The van der Waals surface area contributed by atoms with Crippen LogP contribution in [-0.4, -0.2) is 50.9 Å². The number of ether oxygens (including phenoxy) is 1. The highest BCUT2D eigenvalue weighted by Crippen LogP contribution is 2.22. The van der Waals surface area contributed by atoms with Crippen molar-refractivity contribution in [2.45, 2.75) is 31.9 Å². The van der Waals surface area contributed by atoms with Crippen LogP contribution >= 0.6 is 0 Å². The molecule has 7 nitrogen and oxygen atoms in total. The van der Waals surface area contributed by atoms with Gasteiger partial charge in [-0.15, -0.1) is 0 Å². The average molecular weight is 380 g/mol. The van der Waals surface area contributed by atoms with Crippen molar-refractivity contribution in [2.75, 3.05) is 13.2 Å². The van der Waals surface area contributed by atoms with Gasteiger partial charge in [-0.05, 0) is 49.1 Å². The van der Waals surface area contributed by atoms with Gasteiger partial charge in [0.1, 0.15) is 11.3 Å². The second kappa shape index (κ2) is 7.69. The summed E-state index contributed by atoms with van der Waals surface area (Å²) < 4.78 is 7.28. The Morgan fingerprint density at radius 1 is 1.39 bits per heavy atom. The van der Waals surface area contributed by atoms with Crippen LogP contribution in [0.5, 0.6) is 0 Å². The van der Waals surface area contributed by atoms with E-state index in [0.717, 1.165) is 27.9 Å². The second-order valence-electron chi connectivity index (χ2n) is 7.33. The van der Waals surface area contributed by atoms with Crippen LogP contribution < -0.4 is 5.32 Å². The molecule has 4 rings (SSSR count). The number of amides is 1. The first kappa shape index (κ1) is 18.6. The van der Waals surface area contributed by atoms with Crippen LogP contribution in [0.25, 0.3) is 11.0 Å². The summed E-state index contributed by atoms with van der Waals surface area (Å²) >= 11 is 0. The Kier molecular flexibility index (Phi) is 5.11. The maximum absolute atomic E-state index is 12.8. The Labute approximate surface area is 163 Å². The number of nitrogens with one attached hydrogen (secondary N) is 1. The first-order valence-electron chi connectivity index (χ1n) is 9.44. The SMILES string of the molecule is Cc1ccc(Cc2cc(C(=O)NC3COCCC3O)nc3c2ccn3C)cn1. The molecule has 0 aliphatic carbocycles. The smallest absolute Gasteiger partial charge is 0.270 e. The molecule has 2 atom stereocenters. The fraction of sp³-hybridized carbons (Fsp3) is 0.381. The number of carbonyl (C=O) groups is 1. The monoisotopic (exact) mass is 380 g/mol. The van der Waals surface area contributed by atoms with E-state index in [1.165, 1.54) is 0 Å². The van der Waals surface area contributed by atoms with Crippen molar-refractivity contribution >= 4 is 16.9 Å². The number of aliphatic hydroxyl groups excluding tert-OH is 1. The van der Waals surface area contributed by atoms with Gasteiger partial charge >= 0.3 is 0 Å². The number of rotatable bonds is 4. The van der Waals surface area contributed by atoms with Crippen LogP contribution in [0.15, 0.2) is 36.7 Å². The maximum Gasteiger partial charge on any atom is 0.270 e. The third-order valence-electron chi connectivity index (χ3n) is 5.16. The predicted molar refractivity (Wildman–Crippen MR) is 105 cm³/mol. The van der Waals surface area contributed by atoms with E-state index in [9.17, 15) is 9.90 Å². The van der Waals surface area contributed by atoms with Gasteiger partial charge in [-0.2, -0.15) is 0 Å². The molecule has 0 aromatic carbocycles. The predicted octanol–water partition coefficient (Wildman–Crippen LogP) is 1.75. The minimum absolute atomic E-state index is 0.305. The first-order chi connectivity index (χ1) is 13.5. The highest BCUT2D eigenvalue weighted by Gasteiger charge is 2.26. The third-order valence-corrected chi connectivity index (χ3v) is 5.16. The quantitative estimate of drug-likeness (QED) is 0.720. The van der Waals surface area contributed by atoms with E-state index in [4.69, 9.17) is 4.74 Å². The fourth-order valence-corrected chi connectivity index (χ4v) is 3.49. The molecular formula is C21H24N4O3. The van der Waals surface area contributed by atoms with Crippen molar-refractivity contribution in [3.63, 3.8) is 0 Å². The molecule has 146 valence electrons. The molecule has 1 aliphatic heterocycles. The van der Waals surface area contributed by atoms with Gasteiger partial charge in [0, 0.05) is 37.1 Å². The average Bonchev–Trinajstić information content (AvgIpc) is 3.07. The molecule has 1 fully saturated rings. The second-order valence-corrected chi connectivity index (χ2v) is 7.33. The van der Waals surface area contributed by atoms with Crippen molar-refractivity contribution in [1.29, 1.82) is 0 Å². The topological polar surface area (TPSA) is 89.3 Å².